The summed E-state index contributed by atoms with van der Waals surface area (Å²) in [5.41, 5.74) is 5.09. The maximum atomic E-state index is 4.60. The van der Waals surface area contributed by atoms with E-state index in [4.69, 9.17) is 0 Å². The molecule has 2 rings (SSSR count). The normalized spacial score (nSPS) is 11.7. The van der Waals surface area contributed by atoms with Gasteiger partial charge in [0.15, 0.2) is 0 Å². The highest BCUT2D eigenvalue weighted by Gasteiger charge is 2.09. The molecule has 0 spiro atoms. The van der Waals surface area contributed by atoms with E-state index >= 15 is 0 Å². The molecule has 0 saturated carbocycles. The molecule has 1 aromatic carbocycles. The van der Waals surface area contributed by atoms with Crippen LogP contribution in [-0.2, 0) is 0 Å². The zero-order chi connectivity index (χ0) is 11.0. The van der Waals surface area contributed by atoms with E-state index in [1.807, 2.05) is 0 Å². The van der Waals surface area contributed by atoms with E-state index in [1.54, 1.807) is 11.3 Å². The van der Waals surface area contributed by atoms with Crippen molar-refractivity contribution in [2.24, 2.45) is 0 Å². The second-order valence-electron chi connectivity index (χ2n) is 3.82. The highest BCUT2D eigenvalue weighted by molar-refractivity contribution is 7.18. The van der Waals surface area contributed by atoms with Gasteiger partial charge in [0, 0.05) is 0 Å². The van der Waals surface area contributed by atoms with Crippen molar-refractivity contribution < 1.29 is 0 Å². The Morgan fingerprint density at radius 1 is 1.27 bits per heavy atom. The van der Waals surface area contributed by atoms with Crippen molar-refractivity contribution in [1.29, 1.82) is 0 Å². The van der Waals surface area contributed by atoms with Crippen molar-refractivity contribution in [1.82, 2.24) is 4.98 Å². The number of nitrogens with zero attached hydrogens (tertiary/aromatic N) is 1. The van der Waals surface area contributed by atoms with Crippen LogP contribution in [0.3, 0.4) is 0 Å². The van der Waals surface area contributed by atoms with Crippen LogP contribution in [0, 0.1) is 20.8 Å². The fraction of sp³-hybridized carbons (Fsp3) is 0.308. The van der Waals surface area contributed by atoms with E-state index in [0.717, 1.165) is 5.01 Å². The Kier molecular flexibility index (Phi) is 2.61. The van der Waals surface area contributed by atoms with E-state index in [-0.39, 0.29) is 0 Å². The van der Waals surface area contributed by atoms with Gasteiger partial charge in [-0.2, -0.15) is 0 Å². The molecule has 0 radical (unpaired) electrons. The van der Waals surface area contributed by atoms with Gasteiger partial charge in [0.05, 0.1) is 15.2 Å². The average molecular weight is 217 g/mol. The molecular formula is C13H15NS. The Balaban J connectivity index is 2.87. The first-order valence-electron chi connectivity index (χ1n) is 5.13. The number of thiazole rings is 1. The summed E-state index contributed by atoms with van der Waals surface area (Å²) in [6, 6.07) is 2.25. The van der Waals surface area contributed by atoms with Gasteiger partial charge >= 0.3 is 0 Å². The van der Waals surface area contributed by atoms with Crippen LogP contribution >= 0.6 is 11.3 Å². The van der Waals surface area contributed by atoms with Gasteiger partial charge in [0.25, 0.3) is 0 Å². The van der Waals surface area contributed by atoms with Crippen LogP contribution < -0.4 is 0 Å². The predicted molar refractivity (Wildman–Crippen MR) is 68.5 cm³/mol. The monoisotopic (exact) mass is 217 g/mol. The highest BCUT2D eigenvalue weighted by Crippen LogP contribution is 2.30. The van der Waals surface area contributed by atoms with Gasteiger partial charge < -0.3 is 0 Å². The van der Waals surface area contributed by atoms with E-state index in [1.165, 1.54) is 26.9 Å². The van der Waals surface area contributed by atoms with Crippen molar-refractivity contribution in [3.05, 3.63) is 33.8 Å². The molecule has 2 aromatic rings. The second kappa shape index (κ2) is 3.78. The molecule has 0 amide bonds. The van der Waals surface area contributed by atoms with Gasteiger partial charge in [-0.15, -0.1) is 11.3 Å². The number of allylic oxidation sites excluding steroid dienone is 1. The van der Waals surface area contributed by atoms with E-state index in [0.29, 0.717) is 0 Å². The summed E-state index contributed by atoms with van der Waals surface area (Å²) >= 11 is 1.78. The maximum absolute atomic E-state index is 4.60. The molecule has 0 saturated heterocycles. The van der Waals surface area contributed by atoms with Crippen LogP contribution in [0.2, 0.25) is 0 Å². The molecule has 1 aromatic heterocycles. The van der Waals surface area contributed by atoms with Crippen molar-refractivity contribution >= 4 is 27.6 Å². The third-order valence-corrected chi connectivity index (χ3v) is 3.68. The molecule has 0 bridgehead atoms. The van der Waals surface area contributed by atoms with Gasteiger partial charge in [0.2, 0.25) is 0 Å². The van der Waals surface area contributed by atoms with Crippen LogP contribution in [-0.4, -0.2) is 4.98 Å². The molecule has 0 N–H and O–H groups in total. The molecule has 15 heavy (non-hydrogen) atoms. The van der Waals surface area contributed by atoms with Crippen LogP contribution in [0.25, 0.3) is 16.3 Å². The number of aromatic nitrogens is 1. The van der Waals surface area contributed by atoms with Crippen molar-refractivity contribution in [2.75, 3.05) is 0 Å². The fourth-order valence-electron chi connectivity index (χ4n) is 1.77. The number of rotatable bonds is 1. The minimum atomic E-state index is 1.14. The van der Waals surface area contributed by atoms with Crippen LogP contribution in [0.1, 0.15) is 28.6 Å². The fourth-order valence-corrected chi connectivity index (χ4v) is 2.75. The number of hydrogen-bond acceptors (Lipinski definition) is 2. The lowest BCUT2D eigenvalue weighted by molar-refractivity contribution is 1.29. The molecule has 0 unspecified atom stereocenters. The van der Waals surface area contributed by atoms with Crippen molar-refractivity contribution in [2.45, 2.75) is 27.7 Å². The van der Waals surface area contributed by atoms with Crippen LogP contribution in [0.15, 0.2) is 12.1 Å². The topological polar surface area (TPSA) is 12.9 Å². The molecule has 0 atom stereocenters. The Morgan fingerprint density at radius 3 is 2.67 bits per heavy atom. The summed E-state index contributed by atoms with van der Waals surface area (Å²) in [6.07, 6.45) is 4.24. The minimum absolute atomic E-state index is 1.14. The second-order valence-corrected chi connectivity index (χ2v) is 5.02. The Bertz CT molecular complexity index is 535. The van der Waals surface area contributed by atoms with Gasteiger partial charge in [-0.3, -0.25) is 0 Å². The molecule has 2 heteroatoms. The minimum Gasteiger partial charge on any atom is -0.241 e. The summed E-state index contributed by atoms with van der Waals surface area (Å²) < 4.78 is 1.31. The van der Waals surface area contributed by atoms with E-state index < -0.39 is 0 Å². The summed E-state index contributed by atoms with van der Waals surface area (Å²) in [6.45, 7) is 8.42. The van der Waals surface area contributed by atoms with Crippen molar-refractivity contribution in [3.63, 3.8) is 0 Å². The van der Waals surface area contributed by atoms with E-state index in [9.17, 15) is 0 Å². The largest absolute Gasteiger partial charge is 0.241 e. The van der Waals surface area contributed by atoms with Crippen LogP contribution in [0.5, 0.6) is 0 Å². The lowest BCUT2D eigenvalue weighted by atomic mass is 10.0. The summed E-state index contributed by atoms with van der Waals surface area (Å²) in [5, 5.41) is 1.14. The standard InChI is InChI=1S/C13H15NS/c1-5-6-11-7-8(2)9(3)12-13(11)15-10(4)14-12/h5-7H,1-4H3/b6-5+. The zero-order valence-corrected chi connectivity index (χ0v) is 10.4. The molecule has 0 aliphatic rings. The number of fused-ring (bicyclic) bond motifs is 1. The number of aryl methyl sites for hydroxylation is 3. The lowest BCUT2D eigenvalue weighted by Gasteiger charge is -2.03. The Morgan fingerprint density at radius 2 is 2.00 bits per heavy atom. The number of hydrogen-bond donors (Lipinski definition) is 0. The molecule has 0 aliphatic heterocycles. The lowest BCUT2D eigenvalue weighted by Crippen LogP contribution is -1.85. The first-order valence-corrected chi connectivity index (χ1v) is 5.95. The smallest absolute Gasteiger partial charge is 0.0908 e. The van der Waals surface area contributed by atoms with Gasteiger partial charge in [-0.1, -0.05) is 18.2 Å². The Labute approximate surface area is 94.5 Å². The first-order chi connectivity index (χ1) is 7.13. The van der Waals surface area contributed by atoms with Crippen LogP contribution in [0.4, 0.5) is 0 Å². The molecule has 78 valence electrons. The zero-order valence-electron chi connectivity index (χ0n) is 9.59. The molecule has 0 fully saturated rings. The molecule has 1 heterocycles. The average Bonchev–Trinajstić information content (AvgIpc) is 2.57. The molecule has 0 aliphatic carbocycles. The maximum Gasteiger partial charge on any atom is 0.0908 e. The van der Waals surface area contributed by atoms with Gasteiger partial charge in [0.1, 0.15) is 0 Å². The summed E-state index contributed by atoms with van der Waals surface area (Å²) in [7, 11) is 0. The third kappa shape index (κ3) is 1.70. The SMILES string of the molecule is C/C=C/c1cc(C)c(C)c2nc(C)sc12. The molecule has 1 nitrogen and oxygen atoms in total. The third-order valence-electron chi connectivity index (χ3n) is 2.66. The number of benzene rings is 1. The predicted octanol–water partition coefficient (Wildman–Crippen LogP) is 4.25. The quantitative estimate of drug-likeness (QED) is 0.695. The first kappa shape index (κ1) is 10.4. The Hall–Kier alpha value is -1.15. The van der Waals surface area contributed by atoms with Gasteiger partial charge in [-0.05, 0) is 44.4 Å². The van der Waals surface area contributed by atoms with E-state index in [2.05, 4.69) is 50.9 Å². The van der Waals surface area contributed by atoms with Crippen molar-refractivity contribution in [3.8, 4) is 0 Å². The summed E-state index contributed by atoms with van der Waals surface area (Å²) in [4.78, 5) is 4.60. The summed E-state index contributed by atoms with van der Waals surface area (Å²) in [5.74, 6) is 0. The molecular weight excluding hydrogens is 202 g/mol. The van der Waals surface area contributed by atoms with Gasteiger partial charge in [-0.25, -0.2) is 4.98 Å². The highest BCUT2D eigenvalue weighted by atomic mass is 32.1.